The van der Waals surface area contributed by atoms with E-state index >= 15 is 0 Å². The summed E-state index contributed by atoms with van der Waals surface area (Å²) in [5.74, 6) is 0.145. The third kappa shape index (κ3) is 3.36. The normalized spacial score (nSPS) is 11.7. The number of benzene rings is 2. The number of pyridine rings is 1. The van der Waals surface area contributed by atoms with Gasteiger partial charge in [0.1, 0.15) is 5.82 Å². The number of alkyl halides is 3. The van der Waals surface area contributed by atoms with E-state index in [0.717, 1.165) is 6.07 Å². The second-order valence-corrected chi connectivity index (χ2v) is 6.48. The van der Waals surface area contributed by atoms with Crippen LogP contribution in [-0.2, 0) is 6.18 Å². The summed E-state index contributed by atoms with van der Waals surface area (Å²) in [7, 11) is 0. The highest BCUT2D eigenvalue weighted by Gasteiger charge is 2.35. The van der Waals surface area contributed by atoms with E-state index in [4.69, 9.17) is 11.6 Å². The van der Waals surface area contributed by atoms with E-state index in [-0.39, 0.29) is 17.2 Å². The van der Waals surface area contributed by atoms with Gasteiger partial charge in [0, 0.05) is 16.1 Å². The van der Waals surface area contributed by atoms with Gasteiger partial charge < -0.3 is 4.98 Å². The maximum absolute atomic E-state index is 13.7. The van der Waals surface area contributed by atoms with Gasteiger partial charge in [0.05, 0.1) is 16.6 Å². The van der Waals surface area contributed by atoms with Crippen molar-refractivity contribution in [3.8, 4) is 22.6 Å². The van der Waals surface area contributed by atoms with Crippen LogP contribution in [0.5, 0.6) is 0 Å². The number of fused-ring (bicyclic) bond motifs is 1. The molecule has 2 heterocycles. The van der Waals surface area contributed by atoms with Crippen LogP contribution in [0.4, 0.5) is 13.2 Å². The molecule has 0 bridgehead atoms. The van der Waals surface area contributed by atoms with Crippen molar-refractivity contribution in [3.05, 3.63) is 81.6 Å². The van der Waals surface area contributed by atoms with Gasteiger partial charge in [-0.05, 0) is 18.2 Å². The van der Waals surface area contributed by atoms with Crippen LogP contribution in [-0.4, -0.2) is 15.0 Å². The van der Waals surface area contributed by atoms with E-state index in [9.17, 15) is 18.0 Å². The number of hydrogen-bond acceptors (Lipinski definition) is 3. The number of nitrogens with one attached hydrogen (secondary N) is 1. The van der Waals surface area contributed by atoms with Crippen molar-refractivity contribution in [2.24, 2.45) is 0 Å². The molecule has 1 N–H and O–H groups in total. The Kier molecular flexibility index (Phi) is 4.39. The van der Waals surface area contributed by atoms with Crippen molar-refractivity contribution < 1.29 is 13.2 Å². The second-order valence-electron chi connectivity index (χ2n) is 6.04. The van der Waals surface area contributed by atoms with Crippen molar-refractivity contribution in [2.45, 2.75) is 6.18 Å². The van der Waals surface area contributed by atoms with Crippen LogP contribution in [0.3, 0.4) is 0 Å². The van der Waals surface area contributed by atoms with Crippen LogP contribution >= 0.6 is 11.6 Å². The number of H-pyrrole nitrogens is 1. The minimum Gasteiger partial charge on any atom is -0.306 e. The minimum absolute atomic E-state index is 0.0496. The van der Waals surface area contributed by atoms with E-state index in [0.29, 0.717) is 16.1 Å². The van der Waals surface area contributed by atoms with Crippen LogP contribution in [0.2, 0.25) is 5.02 Å². The smallest absolute Gasteiger partial charge is 0.306 e. The average Bonchev–Trinajstić information content (AvgIpc) is 2.67. The standard InChI is InChI=1S/C20H11ClF3N3O/c21-13-8-6-11(7-9-13)15-10-14(20(22,23)24)16-18(25-15)26-17(27-19(16)28)12-4-2-1-3-5-12/h1-10H,(H,25,26,27,28). The van der Waals surface area contributed by atoms with Crippen molar-refractivity contribution >= 4 is 22.6 Å². The fourth-order valence-electron chi connectivity index (χ4n) is 2.87. The summed E-state index contributed by atoms with van der Waals surface area (Å²) in [5.41, 5.74) is -1.22. The number of aromatic nitrogens is 3. The molecule has 0 unspecified atom stereocenters. The van der Waals surface area contributed by atoms with Crippen LogP contribution in [0.15, 0.2) is 65.5 Å². The summed E-state index contributed by atoms with van der Waals surface area (Å²) in [6.07, 6.45) is -4.74. The topological polar surface area (TPSA) is 58.6 Å². The Labute approximate surface area is 161 Å². The summed E-state index contributed by atoms with van der Waals surface area (Å²) in [6.45, 7) is 0. The van der Waals surface area contributed by atoms with E-state index < -0.39 is 22.7 Å². The van der Waals surface area contributed by atoms with E-state index in [1.54, 1.807) is 54.6 Å². The molecule has 0 aliphatic heterocycles. The first-order valence-corrected chi connectivity index (χ1v) is 8.54. The monoisotopic (exact) mass is 401 g/mol. The lowest BCUT2D eigenvalue weighted by Gasteiger charge is -2.12. The van der Waals surface area contributed by atoms with Crippen LogP contribution in [0, 0.1) is 0 Å². The third-order valence-corrected chi connectivity index (χ3v) is 4.42. The Balaban J connectivity index is 2.03. The fraction of sp³-hybridized carbons (Fsp3) is 0.0500. The van der Waals surface area contributed by atoms with Crippen molar-refractivity contribution in [1.82, 2.24) is 15.0 Å². The third-order valence-electron chi connectivity index (χ3n) is 4.17. The first-order chi connectivity index (χ1) is 13.3. The molecule has 0 atom stereocenters. The van der Waals surface area contributed by atoms with E-state index in [2.05, 4.69) is 15.0 Å². The summed E-state index contributed by atoms with van der Waals surface area (Å²) in [5, 5.41) is -0.147. The fourth-order valence-corrected chi connectivity index (χ4v) is 2.99. The quantitative estimate of drug-likeness (QED) is 0.494. The Morgan fingerprint density at radius 2 is 1.57 bits per heavy atom. The van der Waals surface area contributed by atoms with Gasteiger partial charge in [-0.3, -0.25) is 4.79 Å². The van der Waals surface area contributed by atoms with Gasteiger partial charge in [-0.1, -0.05) is 54.1 Å². The molecule has 0 fully saturated rings. The molecule has 2 aromatic carbocycles. The highest BCUT2D eigenvalue weighted by molar-refractivity contribution is 6.30. The average molecular weight is 402 g/mol. The van der Waals surface area contributed by atoms with E-state index in [1.807, 2.05) is 0 Å². The number of hydrogen-bond donors (Lipinski definition) is 1. The number of rotatable bonds is 2. The molecule has 0 spiro atoms. The summed E-state index contributed by atoms with van der Waals surface area (Å²) in [4.78, 5) is 23.3. The van der Waals surface area contributed by atoms with E-state index in [1.165, 1.54) is 0 Å². The molecule has 0 aliphatic rings. The molecule has 8 heteroatoms. The molecular weight excluding hydrogens is 391 g/mol. The van der Waals surface area contributed by atoms with Gasteiger partial charge in [-0.2, -0.15) is 13.2 Å². The predicted octanol–water partition coefficient (Wildman–Crippen LogP) is 5.32. The van der Waals surface area contributed by atoms with Gasteiger partial charge >= 0.3 is 6.18 Å². The number of nitrogens with zero attached hydrogens (tertiary/aromatic N) is 2. The maximum atomic E-state index is 13.7. The lowest BCUT2D eigenvalue weighted by atomic mass is 10.1. The summed E-state index contributed by atoms with van der Waals surface area (Å²) < 4.78 is 41.0. The molecule has 0 saturated heterocycles. The summed E-state index contributed by atoms with van der Waals surface area (Å²) in [6, 6.07) is 15.7. The van der Waals surface area contributed by atoms with Crippen molar-refractivity contribution in [1.29, 1.82) is 0 Å². The molecule has 4 nitrogen and oxygen atoms in total. The Bertz CT molecular complexity index is 1220. The second kappa shape index (κ2) is 6.76. The van der Waals surface area contributed by atoms with Crippen molar-refractivity contribution in [2.75, 3.05) is 0 Å². The molecule has 28 heavy (non-hydrogen) atoms. The van der Waals surface area contributed by atoms with Crippen LogP contribution < -0.4 is 5.56 Å². The Morgan fingerprint density at radius 1 is 0.893 bits per heavy atom. The molecule has 140 valence electrons. The molecule has 2 aromatic heterocycles. The lowest BCUT2D eigenvalue weighted by molar-refractivity contribution is -0.136. The zero-order chi connectivity index (χ0) is 19.9. The predicted molar refractivity (Wildman–Crippen MR) is 101 cm³/mol. The van der Waals surface area contributed by atoms with Crippen LogP contribution in [0.25, 0.3) is 33.7 Å². The maximum Gasteiger partial charge on any atom is 0.417 e. The van der Waals surface area contributed by atoms with Gasteiger partial charge in [0.25, 0.3) is 5.56 Å². The molecule has 4 rings (SSSR count). The van der Waals surface area contributed by atoms with Gasteiger partial charge in [0.2, 0.25) is 0 Å². The molecule has 0 saturated carbocycles. The lowest BCUT2D eigenvalue weighted by Crippen LogP contribution is -2.17. The molecular formula is C20H11ClF3N3O. The molecule has 0 aliphatic carbocycles. The molecule has 0 amide bonds. The first-order valence-electron chi connectivity index (χ1n) is 8.16. The first kappa shape index (κ1) is 18.2. The molecule has 4 aromatic rings. The van der Waals surface area contributed by atoms with Gasteiger partial charge in [-0.25, -0.2) is 9.97 Å². The Hall–Kier alpha value is -3.19. The van der Waals surface area contributed by atoms with Gasteiger partial charge in [-0.15, -0.1) is 0 Å². The highest BCUT2D eigenvalue weighted by Crippen LogP contribution is 2.35. The summed E-state index contributed by atoms with van der Waals surface area (Å²) >= 11 is 5.85. The Morgan fingerprint density at radius 3 is 2.21 bits per heavy atom. The zero-order valence-electron chi connectivity index (χ0n) is 14.1. The minimum atomic E-state index is -4.74. The van der Waals surface area contributed by atoms with Gasteiger partial charge in [0.15, 0.2) is 5.65 Å². The largest absolute Gasteiger partial charge is 0.417 e. The zero-order valence-corrected chi connectivity index (χ0v) is 14.8. The molecule has 0 radical (unpaired) electrons. The van der Waals surface area contributed by atoms with Crippen molar-refractivity contribution in [3.63, 3.8) is 0 Å². The van der Waals surface area contributed by atoms with Crippen LogP contribution in [0.1, 0.15) is 5.56 Å². The number of halogens is 4. The number of aromatic amines is 1. The highest BCUT2D eigenvalue weighted by atomic mass is 35.5. The SMILES string of the molecule is O=c1[nH]c(-c2ccccc2)nc2nc(-c3ccc(Cl)cc3)cc(C(F)(F)F)c12.